The van der Waals surface area contributed by atoms with E-state index in [0.29, 0.717) is 0 Å². The molecule has 0 saturated heterocycles. The Morgan fingerprint density at radius 2 is 1.72 bits per heavy atom. The smallest absolute Gasteiger partial charge is 0.272 e. The summed E-state index contributed by atoms with van der Waals surface area (Å²) in [5.41, 5.74) is -0.187. The number of phenolic OH excluding ortho intramolecular Hbond substituents is 2. The average Bonchev–Trinajstić information content (AvgIpc) is 2.30. The minimum Gasteiger partial charge on any atom is -0.508 e. The fourth-order valence-corrected chi connectivity index (χ4v) is 1.58. The molecule has 0 fully saturated rings. The van der Waals surface area contributed by atoms with E-state index in [1.54, 1.807) is 0 Å². The topological polar surface area (TPSA) is 83.6 Å². The maximum atomic E-state index is 13.7. The van der Waals surface area contributed by atoms with E-state index >= 15 is 0 Å². The molecule has 2 N–H and O–H groups in total. The number of nitro benzene ring substituents is 1. The SMILES string of the molecule is O=[N+]([O-])c1ccc(-c2ccc(O)cc2O)c(F)c1. The van der Waals surface area contributed by atoms with E-state index in [1.165, 1.54) is 18.2 Å². The Morgan fingerprint density at radius 3 is 2.28 bits per heavy atom. The molecule has 0 radical (unpaired) electrons. The van der Waals surface area contributed by atoms with Gasteiger partial charge in [-0.05, 0) is 18.2 Å². The third kappa shape index (κ3) is 2.08. The first-order valence-corrected chi connectivity index (χ1v) is 4.95. The van der Waals surface area contributed by atoms with E-state index in [-0.39, 0.29) is 28.3 Å². The molecule has 0 saturated carbocycles. The monoisotopic (exact) mass is 249 g/mol. The van der Waals surface area contributed by atoms with Gasteiger partial charge in [-0.25, -0.2) is 4.39 Å². The molecule has 0 aliphatic heterocycles. The molecule has 2 aromatic carbocycles. The number of rotatable bonds is 2. The number of hydrogen-bond acceptors (Lipinski definition) is 4. The molecule has 92 valence electrons. The van der Waals surface area contributed by atoms with Gasteiger partial charge < -0.3 is 10.2 Å². The first-order valence-electron chi connectivity index (χ1n) is 4.95. The number of nitrogens with zero attached hydrogens (tertiary/aromatic N) is 1. The van der Waals surface area contributed by atoms with Gasteiger partial charge in [0.1, 0.15) is 17.3 Å². The van der Waals surface area contributed by atoms with Gasteiger partial charge in [0, 0.05) is 23.3 Å². The normalized spacial score (nSPS) is 10.3. The van der Waals surface area contributed by atoms with Gasteiger partial charge in [0.25, 0.3) is 5.69 Å². The van der Waals surface area contributed by atoms with Crippen molar-refractivity contribution in [3.8, 4) is 22.6 Å². The zero-order chi connectivity index (χ0) is 13.3. The van der Waals surface area contributed by atoms with Crippen molar-refractivity contribution in [3.63, 3.8) is 0 Å². The molecule has 18 heavy (non-hydrogen) atoms. The molecule has 0 bridgehead atoms. The van der Waals surface area contributed by atoms with Crippen LogP contribution in [0.15, 0.2) is 36.4 Å². The van der Waals surface area contributed by atoms with Gasteiger partial charge in [0.05, 0.1) is 11.0 Å². The highest BCUT2D eigenvalue weighted by atomic mass is 19.1. The van der Waals surface area contributed by atoms with Crippen molar-refractivity contribution in [3.05, 3.63) is 52.3 Å². The van der Waals surface area contributed by atoms with Crippen LogP contribution in [0.1, 0.15) is 0 Å². The number of non-ortho nitro benzene ring substituents is 1. The predicted octanol–water partition coefficient (Wildman–Crippen LogP) is 2.81. The Kier molecular flexibility index (Phi) is 2.85. The molecule has 2 rings (SSSR count). The van der Waals surface area contributed by atoms with Gasteiger partial charge in [0.15, 0.2) is 0 Å². The zero-order valence-corrected chi connectivity index (χ0v) is 9.00. The van der Waals surface area contributed by atoms with Gasteiger partial charge in [-0.2, -0.15) is 0 Å². The summed E-state index contributed by atoms with van der Waals surface area (Å²) in [6.45, 7) is 0. The summed E-state index contributed by atoms with van der Waals surface area (Å²) in [5.74, 6) is -1.27. The third-order valence-corrected chi connectivity index (χ3v) is 2.43. The van der Waals surface area contributed by atoms with Crippen LogP contribution in [-0.4, -0.2) is 15.1 Å². The summed E-state index contributed by atoms with van der Waals surface area (Å²) in [6.07, 6.45) is 0. The minimum atomic E-state index is -0.815. The molecule has 0 heterocycles. The van der Waals surface area contributed by atoms with Gasteiger partial charge >= 0.3 is 0 Å². The second-order valence-corrected chi connectivity index (χ2v) is 3.62. The van der Waals surface area contributed by atoms with Gasteiger partial charge in [-0.1, -0.05) is 0 Å². The summed E-state index contributed by atoms with van der Waals surface area (Å²) in [4.78, 5) is 9.76. The molecule has 0 atom stereocenters. The molecule has 0 aliphatic carbocycles. The second-order valence-electron chi connectivity index (χ2n) is 3.62. The minimum absolute atomic E-state index is 0.0260. The molecule has 2 aromatic rings. The molecule has 0 aliphatic rings. The Morgan fingerprint density at radius 1 is 1.06 bits per heavy atom. The predicted molar refractivity (Wildman–Crippen MR) is 61.8 cm³/mol. The van der Waals surface area contributed by atoms with Crippen LogP contribution in [0.25, 0.3) is 11.1 Å². The Hall–Kier alpha value is -2.63. The summed E-state index contributed by atoms with van der Waals surface area (Å²) in [7, 11) is 0. The van der Waals surface area contributed by atoms with E-state index in [9.17, 15) is 19.6 Å². The van der Waals surface area contributed by atoms with Crippen molar-refractivity contribution in [2.45, 2.75) is 0 Å². The quantitative estimate of drug-likeness (QED) is 0.633. The van der Waals surface area contributed by atoms with Crippen molar-refractivity contribution in [2.75, 3.05) is 0 Å². The maximum absolute atomic E-state index is 13.7. The molecule has 5 nitrogen and oxygen atoms in total. The molecule has 0 spiro atoms. The lowest BCUT2D eigenvalue weighted by Gasteiger charge is -2.06. The molecule has 0 amide bonds. The molecule has 6 heteroatoms. The van der Waals surface area contributed by atoms with Gasteiger partial charge in [0.2, 0.25) is 0 Å². The number of halogens is 1. The summed E-state index contributed by atoms with van der Waals surface area (Å²) in [5, 5.41) is 29.2. The van der Waals surface area contributed by atoms with E-state index in [0.717, 1.165) is 18.2 Å². The number of benzene rings is 2. The molecule has 0 aromatic heterocycles. The Labute approximate surface area is 101 Å². The third-order valence-electron chi connectivity index (χ3n) is 2.43. The lowest BCUT2D eigenvalue weighted by molar-refractivity contribution is -0.385. The van der Waals surface area contributed by atoms with Crippen LogP contribution >= 0.6 is 0 Å². The summed E-state index contributed by atoms with van der Waals surface area (Å²) >= 11 is 0. The zero-order valence-electron chi connectivity index (χ0n) is 9.00. The van der Waals surface area contributed by atoms with E-state index in [4.69, 9.17) is 5.11 Å². The largest absolute Gasteiger partial charge is 0.508 e. The van der Waals surface area contributed by atoms with Crippen molar-refractivity contribution >= 4 is 5.69 Å². The standard InChI is InChI=1S/C12H8FNO4/c13-11-5-7(14(17)18)1-3-9(11)10-4-2-8(15)6-12(10)16/h1-6,15-16H. The van der Waals surface area contributed by atoms with Gasteiger partial charge in [-0.3, -0.25) is 10.1 Å². The average molecular weight is 249 g/mol. The number of hydrogen-bond donors (Lipinski definition) is 2. The Balaban J connectivity index is 2.54. The van der Waals surface area contributed by atoms with Crippen LogP contribution in [0.5, 0.6) is 11.5 Å². The Bertz CT molecular complexity index is 627. The number of nitro groups is 1. The van der Waals surface area contributed by atoms with E-state index < -0.39 is 10.7 Å². The van der Waals surface area contributed by atoms with Crippen molar-refractivity contribution in [1.82, 2.24) is 0 Å². The fourth-order valence-electron chi connectivity index (χ4n) is 1.58. The van der Waals surface area contributed by atoms with Crippen molar-refractivity contribution in [2.24, 2.45) is 0 Å². The van der Waals surface area contributed by atoms with Crippen LogP contribution in [-0.2, 0) is 0 Å². The van der Waals surface area contributed by atoms with Crippen LogP contribution in [0.4, 0.5) is 10.1 Å². The van der Waals surface area contributed by atoms with Crippen molar-refractivity contribution < 1.29 is 19.5 Å². The number of phenols is 2. The highest BCUT2D eigenvalue weighted by Crippen LogP contribution is 2.34. The van der Waals surface area contributed by atoms with Crippen LogP contribution in [0.2, 0.25) is 0 Å². The lowest BCUT2D eigenvalue weighted by atomic mass is 10.0. The van der Waals surface area contributed by atoms with E-state index in [2.05, 4.69) is 0 Å². The highest BCUT2D eigenvalue weighted by Gasteiger charge is 2.14. The lowest BCUT2D eigenvalue weighted by Crippen LogP contribution is -1.91. The molecular weight excluding hydrogens is 241 g/mol. The van der Waals surface area contributed by atoms with Crippen LogP contribution in [0, 0.1) is 15.9 Å². The van der Waals surface area contributed by atoms with Crippen molar-refractivity contribution in [1.29, 1.82) is 0 Å². The van der Waals surface area contributed by atoms with Crippen LogP contribution < -0.4 is 0 Å². The molecular formula is C12H8FNO4. The maximum Gasteiger partial charge on any atom is 0.272 e. The van der Waals surface area contributed by atoms with Gasteiger partial charge in [-0.15, -0.1) is 0 Å². The summed E-state index contributed by atoms with van der Waals surface area (Å²) < 4.78 is 13.7. The summed E-state index contributed by atoms with van der Waals surface area (Å²) in [6, 6.07) is 6.81. The fraction of sp³-hybridized carbons (Fsp3) is 0. The number of aromatic hydroxyl groups is 2. The van der Waals surface area contributed by atoms with Crippen LogP contribution in [0.3, 0.4) is 0 Å². The first-order chi connectivity index (χ1) is 8.49. The highest BCUT2D eigenvalue weighted by molar-refractivity contribution is 5.72. The first kappa shape index (κ1) is 11.8. The molecule has 0 unspecified atom stereocenters. The second kappa shape index (κ2) is 4.33. The van der Waals surface area contributed by atoms with E-state index in [1.807, 2.05) is 0 Å².